The van der Waals surface area contributed by atoms with Gasteiger partial charge in [-0.2, -0.15) is 4.98 Å². The zero-order valence-corrected chi connectivity index (χ0v) is 19.1. The third-order valence-electron chi connectivity index (χ3n) is 5.84. The van der Waals surface area contributed by atoms with Crippen LogP contribution in [0.25, 0.3) is 20.8 Å². The van der Waals surface area contributed by atoms with Crippen molar-refractivity contribution in [2.45, 2.75) is 32.1 Å². The van der Waals surface area contributed by atoms with Crippen molar-refractivity contribution in [1.82, 2.24) is 20.3 Å². The Balaban J connectivity index is 1.55. The fraction of sp³-hybridized carbons (Fsp3) is 0.455. The molecule has 2 saturated heterocycles. The number of hydrogen-bond acceptors (Lipinski definition) is 10. The van der Waals surface area contributed by atoms with Gasteiger partial charge in [-0.1, -0.05) is 6.07 Å². The number of ether oxygens (including phenoxy) is 2. The molecular weight excluding hydrogens is 444 g/mol. The van der Waals surface area contributed by atoms with Crippen LogP contribution in [0.15, 0.2) is 23.0 Å². The number of anilines is 2. The van der Waals surface area contributed by atoms with Crippen molar-refractivity contribution in [2.24, 2.45) is 0 Å². The third-order valence-corrected chi connectivity index (χ3v) is 6.90. The molecule has 10 nitrogen and oxygen atoms in total. The molecule has 5 rings (SSSR count). The molecule has 2 fully saturated rings. The van der Waals surface area contributed by atoms with Crippen molar-refractivity contribution in [1.29, 1.82) is 0 Å². The number of benzene rings is 1. The Morgan fingerprint density at radius 2 is 2.27 bits per heavy atom. The molecule has 1 aromatic carbocycles. The molecule has 0 radical (unpaired) electrons. The number of carbonyl (C=O) groups is 1. The summed E-state index contributed by atoms with van der Waals surface area (Å²) in [6, 6.07) is 6.25. The Labute approximate surface area is 194 Å². The van der Waals surface area contributed by atoms with Crippen LogP contribution < -0.4 is 21.1 Å². The highest BCUT2D eigenvalue weighted by Gasteiger charge is 2.26. The lowest BCUT2D eigenvalue weighted by Gasteiger charge is -2.32. The van der Waals surface area contributed by atoms with Gasteiger partial charge < -0.3 is 25.0 Å². The van der Waals surface area contributed by atoms with E-state index in [0.29, 0.717) is 42.0 Å². The molecule has 2 aromatic heterocycles. The number of nitrogens with zero attached hydrogens (tertiary/aromatic N) is 3. The zero-order chi connectivity index (χ0) is 22.8. The van der Waals surface area contributed by atoms with Gasteiger partial charge in [0.05, 0.1) is 23.4 Å². The van der Waals surface area contributed by atoms with E-state index in [1.54, 1.807) is 0 Å². The monoisotopic (exact) mass is 470 g/mol. The fourth-order valence-corrected chi connectivity index (χ4v) is 5.17. The quantitative estimate of drug-likeness (QED) is 0.463. The van der Waals surface area contributed by atoms with Gasteiger partial charge in [-0.25, -0.2) is 4.98 Å². The van der Waals surface area contributed by atoms with Crippen LogP contribution in [-0.4, -0.2) is 66.5 Å². The summed E-state index contributed by atoms with van der Waals surface area (Å²) in [6.07, 6.45) is 1.34. The minimum Gasteiger partial charge on any atom is -0.436 e. The number of aromatic amines is 1. The summed E-state index contributed by atoms with van der Waals surface area (Å²) in [6.45, 7) is 5.34. The molecular formula is C22H26N6O4S. The largest absolute Gasteiger partial charge is 0.436 e. The van der Waals surface area contributed by atoms with E-state index in [-0.39, 0.29) is 18.1 Å². The first-order valence-corrected chi connectivity index (χ1v) is 11.9. The van der Waals surface area contributed by atoms with Crippen molar-refractivity contribution in [3.8, 4) is 10.6 Å². The van der Waals surface area contributed by atoms with E-state index in [2.05, 4.69) is 15.6 Å². The first kappa shape index (κ1) is 21.8. The number of aryl methyl sites for hydroxylation is 1. The second-order valence-electron chi connectivity index (χ2n) is 8.27. The van der Waals surface area contributed by atoms with E-state index in [1.165, 1.54) is 11.3 Å². The summed E-state index contributed by atoms with van der Waals surface area (Å²) in [5.74, 6) is 0.923. The standard InChI is InChI=1S/C22H26N6O4S/c1-13-4-5-16-15(9-13)25-21(33-16)18-19(24-14-3-2-6-23-10-14)26-22(27-20(18)30)28-7-8-31-17(11-28)32-12-29/h4-5,9,12,14,17,23H,2-3,6-8,10-11H2,1H3,(H2,24,26,27,30)/t14-,17?/m1/s1. The number of piperidine rings is 1. The molecule has 0 aliphatic carbocycles. The molecule has 2 atom stereocenters. The fourth-order valence-electron chi connectivity index (χ4n) is 4.18. The van der Waals surface area contributed by atoms with Gasteiger partial charge in [0, 0.05) is 19.1 Å². The average molecular weight is 471 g/mol. The maximum atomic E-state index is 13.4. The normalized spacial score (nSPS) is 21.2. The number of carbonyl (C=O) groups excluding carboxylic acids is 1. The highest BCUT2D eigenvalue weighted by Crippen LogP contribution is 2.33. The third kappa shape index (κ3) is 4.70. The van der Waals surface area contributed by atoms with E-state index in [4.69, 9.17) is 19.4 Å². The average Bonchev–Trinajstić information content (AvgIpc) is 3.22. The maximum Gasteiger partial charge on any atom is 0.295 e. The number of hydrogen-bond donors (Lipinski definition) is 3. The molecule has 0 spiro atoms. The highest BCUT2D eigenvalue weighted by atomic mass is 32.1. The van der Waals surface area contributed by atoms with Gasteiger partial charge in [0.2, 0.25) is 12.2 Å². The van der Waals surface area contributed by atoms with Gasteiger partial charge in [-0.05, 0) is 44.0 Å². The van der Waals surface area contributed by atoms with Crippen LogP contribution in [0.5, 0.6) is 0 Å². The topological polar surface area (TPSA) is 121 Å². The number of thiazole rings is 1. The zero-order valence-electron chi connectivity index (χ0n) is 18.3. The molecule has 0 saturated carbocycles. The Morgan fingerprint density at radius 3 is 3.09 bits per heavy atom. The summed E-state index contributed by atoms with van der Waals surface area (Å²) in [7, 11) is 0. The molecule has 0 amide bonds. The number of H-pyrrole nitrogens is 1. The summed E-state index contributed by atoms with van der Waals surface area (Å²) >= 11 is 1.48. The first-order chi connectivity index (χ1) is 16.1. The molecule has 2 aliphatic rings. The van der Waals surface area contributed by atoms with Gasteiger partial charge in [0.1, 0.15) is 16.4 Å². The van der Waals surface area contributed by atoms with Crippen molar-refractivity contribution >= 4 is 39.8 Å². The maximum absolute atomic E-state index is 13.4. The number of fused-ring (bicyclic) bond motifs is 1. The minimum atomic E-state index is -0.701. The van der Waals surface area contributed by atoms with Gasteiger partial charge >= 0.3 is 0 Å². The molecule has 2 aliphatic heterocycles. The van der Waals surface area contributed by atoms with Crippen molar-refractivity contribution in [3.05, 3.63) is 34.1 Å². The minimum absolute atomic E-state index is 0.159. The van der Waals surface area contributed by atoms with Crippen LogP contribution in [-0.2, 0) is 14.3 Å². The Bertz CT molecular complexity index is 1210. The molecule has 11 heteroatoms. The summed E-state index contributed by atoms with van der Waals surface area (Å²) < 4.78 is 11.4. The molecule has 3 N–H and O–H groups in total. The predicted octanol–water partition coefficient (Wildman–Crippen LogP) is 1.85. The smallest absolute Gasteiger partial charge is 0.295 e. The number of rotatable bonds is 6. The van der Waals surface area contributed by atoms with Crippen molar-refractivity contribution < 1.29 is 14.3 Å². The van der Waals surface area contributed by atoms with Crippen LogP contribution in [0, 0.1) is 6.92 Å². The van der Waals surface area contributed by atoms with Crippen molar-refractivity contribution in [2.75, 3.05) is 43.0 Å². The van der Waals surface area contributed by atoms with Crippen LogP contribution >= 0.6 is 11.3 Å². The molecule has 0 bridgehead atoms. The Hall–Kier alpha value is -3.02. The molecule has 174 valence electrons. The molecule has 33 heavy (non-hydrogen) atoms. The van der Waals surface area contributed by atoms with Crippen LogP contribution in [0.1, 0.15) is 18.4 Å². The number of aromatic nitrogens is 3. The van der Waals surface area contributed by atoms with Gasteiger partial charge in [-0.3, -0.25) is 14.6 Å². The van der Waals surface area contributed by atoms with Gasteiger partial charge in [0.15, 0.2) is 0 Å². The van der Waals surface area contributed by atoms with Gasteiger partial charge in [-0.15, -0.1) is 11.3 Å². The van der Waals surface area contributed by atoms with E-state index in [9.17, 15) is 9.59 Å². The second-order valence-corrected chi connectivity index (χ2v) is 9.30. The molecule has 1 unspecified atom stereocenters. The number of nitrogens with one attached hydrogen (secondary N) is 3. The lowest BCUT2D eigenvalue weighted by molar-refractivity contribution is -0.165. The SMILES string of the molecule is Cc1ccc2sc(-c3c(N[C@@H]4CCCNC4)nc(N4CCOC(OC=O)C4)[nH]c3=O)nc2c1. The number of morpholine rings is 1. The summed E-state index contributed by atoms with van der Waals surface area (Å²) in [5.41, 5.74) is 2.16. The first-order valence-electron chi connectivity index (χ1n) is 11.1. The van der Waals surface area contributed by atoms with Crippen LogP contribution in [0.2, 0.25) is 0 Å². The van der Waals surface area contributed by atoms with Crippen LogP contribution in [0.3, 0.4) is 0 Å². The van der Waals surface area contributed by atoms with Crippen LogP contribution in [0.4, 0.5) is 11.8 Å². The predicted molar refractivity (Wildman–Crippen MR) is 127 cm³/mol. The lowest BCUT2D eigenvalue weighted by atomic mass is 10.1. The lowest BCUT2D eigenvalue weighted by Crippen LogP contribution is -2.45. The highest BCUT2D eigenvalue weighted by molar-refractivity contribution is 7.21. The molecule has 3 aromatic rings. The van der Waals surface area contributed by atoms with E-state index >= 15 is 0 Å². The summed E-state index contributed by atoms with van der Waals surface area (Å²) in [5, 5.41) is 7.51. The Kier molecular flexibility index (Phi) is 6.25. The molecule has 4 heterocycles. The van der Waals surface area contributed by atoms with E-state index < -0.39 is 6.29 Å². The summed E-state index contributed by atoms with van der Waals surface area (Å²) in [4.78, 5) is 38.4. The van der Waals surface area contributed by atoms with E-state index in [0.717, 1.165) is 41.7 Å². The van der Waals surface area contributed by atoms with E-state index in [1.807, 2.05) is 30.0 Å². The van der Waals surface area contributed by atoms with Gasteiger partial charge in [0.25, 0.3) is 12.0 Å². The second kappa shape index (κ2) is 9.46. The van der Waals surface area contributed by atoms with Crippen molar-refractivity contribution in [3.63, 3.8) is 0 Å². The Morgan fingerprint density at radius 1 is 1.36 bits per heavy atom.